The van der Waals surface area contributed by atoms with Gasteiger partial charge in [-0.2, -0.15) is 0 Å². The molecule has 5 heteroatoms. The minimum Gasteiger partial charge on any atom is -0.512 e. The van der Waals surface area contributed by atoms with Gasteiger partial charge in [0.2, 0.25) is 0 Å². The molecule has 5 aromatic carbocycles. The topological polar surface area (TPSA) is 54.6 Å². The van der Waals surface area contributed by atoms with Crippen molar-refractivity contribution in [2.75, 3.05) is 0 Å². The minimum atomic E-state index is 0. The largest absolute Gasteiger partial charge is 0.512 e. The van der Waals surface area contributed by atoms with Crippen molar-refractivity contribution >= 4 is 76.3 Å². The number of pyridine rings is 2. The first-order chi connectivity index (χ1) is 21.5. The molecule has 1 radical (unpaired) electrons. The molecule has 8 aromatic rings. The number of aromatic nitrogens is 2. The summed E-state index contributed by atoms with van der Waals surface area (Å²) in [5.74, 6) is 0.547. The fourth-order valence-corrected chi connectivity index (χ4v) is 7.29. The maximum atomic E-state index is 11.7. The van der Waals surface area contributed by atoms with Crippen molar-refractivity contribution in [2.24, 2.45) is 11.8 Å². The van der Waals surface area contributed by atoms with E-state index in [1.54, 1.807) is 0 Å². The first-order valence-corrected chi connectivity index (χ1v) is 16.0. The van der Waals surface area contributed by atoms with E-state index >= 15 is 0 Å². The summed E-state index contributed by atoms with van der Waals surface area (Å²) in [6.07, 6.45) is 6.96. The number of carbonyl (C=O) groups is 1. The average Bonchev–Trinajstić information content (AvgIpc) is 3.40. The van der Waals surface area contributed by atoms with Crippen molar-refractivity contribution in [3.8, 4) is 0 Å². The molecule has 0 aliphatic rings. The number of allylic oxidation sites excluding steroid dienone is 2. The second-order valence-electron chi connectivity index (χ2n) is 11.9. The molecule has 3 aromatic heterocycles. The third-order valence-corrected chi connectivity index (χ3v) is 9.69. The number of aliphatic hydroxyl groups excluding tert-OH is 1. The van der Waals surface area contributed by atoms with E-state index in [9.17, 15) is 9.90 Å². The number of aliphatic hydroxyl groups is 1. The van der Waals surface area contributed by atoms with Crippen molar-refractivity contribution < 1.29 is 30.0 Å². The van der Waals surface area contributed by atoms with E-state index in [4.69, 9.17) is 4.98 Å². The number of nitrogens with zero attached hydrogens (tertiary/aromatic N) is 2. The molecule has 0 atom stereocenters. The van der Waals surface area contributed by atoms with Gasteiger partial charge in [-0.25, -0.2) is 0 Å². The second kappa shape index (κ2) is 12.4. The summed E-state index contributed by atoms with van der Waals surface area (Å²) in [4.78, 5) is 16.7. The van der Waals surface area contributed by atoms with Gasteiger partial charge in [0.1, 0.15) is 0 Å². The Kier molecular flexibility index (Phi) is 8.52. The maximum Gasteiger partial charge on any atom is 0.162 e. The molecule has 0 bridgehead atoms. The van der Waals surface area contributed by atoms with Crippen LogP contribution in [0.15, 0.2) is 90.8 Å². The van der Waals surface area contributed by atoms with Crippen LogP contribution in [-0.4, -0.2) is 20.3 Å². The van der Waals surface area contributed by atoms with Gasteiger partial charge in [0, 0.05) is 60.4 Å². The van der Waals surface area contributed by atoms with Gasteiger partial charge in [-0.1, -0.05) is 80.9 Å². The van der Waals surface area contributed by atoms with Crippen LogP contribution in [-0.2, 0) is 24.9 Å². The van der Waals surface area contributed by atoms with Gasteiger partial charge < -0.3 is 14.5 Å². The maximum absolute atomic E-state index is 11.7. The molecule has 229 valence electrons. The molecule has 0 aliphatic carbocycles. The summed E-state index contributed by atoms with van der Waals surface area (Å²) in [5.41, 5.74) is 4.82. The molecule has 0 spiro atoms. The number of fused-ring (bicyclic) bond motifs is 7. The first-order valence-electron chi connectivity index (χ1n) is 16.0. The van der Waals surface area contributed by atoms with Crippen LogP contribution >= 0.6 is 0 Å². The van der Waals surface area contributed by atoms with Gasteiger partial charge >= 0.3 is 0 Å². The second-order valence-corrected chi connectivity index (χ2v) is 11.9. The standard InChI is InChI=1S/C27H13N2.C13H24O2.Ir/c1-2-9-19-16(7-1)18-13-12-15-6-5-11-22-23(15)24(18)25-26(19)28-14-20-17-8-3-4-10-21(17)29(22)27(20)25;1-5-10(6-2)12(14)9-13(15)11(7-3)8-4;/h1-8,10-14H;9-11,14H,5-8H2,1-4H3;/q-1;;/b;12-9-;. The molecule has 0 unspecified atom stereocenters. The van der Waals surface area contributed by atoms with Gasteiger partial charge in [-0.3, -0.25) is 4.79 Å². The van der Waals surface area contributed by atoms with Crippen molar-refractivity contribution in [1.82, 2.24) is 9.38 Å². The molecule has 0 aliphatic heterocycles. The summed E-state index contributed by atoms with van der Waals surface area (Å²) < 4.78 is 2.44. The molecular formula is C40H37IrN2O2-. The van der Waals surface area contributed by atoms with E-state index in [1.807, 2.05) is 33.8 Å². The third kappa shape index (κ3) is 4.76. The molecule has 0 saturated heterocycles. The molecule has 1 N–H and O–H groups in total. The van der Waals surface area contributed by atoms with E-state index in [0.29, 0.717) is 0 Å². The van der Waals surface area contributed by atoms with Crippen molar-refractivity contribution in [1.29, 1.82) is 0 Å². The van der Waals surface area contributed by atoms with E-state index < -0.39 is 0 Å². The Morgan fingerprint density at radius 2 is 1.49 bits per heavy atom. The molecule has 0 saturated carbocycles. The Hall–Kier alpha value is -4.05. The predicted octanol–water partition coefficient (Wildman–Crippen LogP) is 10.8. The van der Waals surface area contributed by atoms with Crippen molar-refractivity contribution in [3.63, 3.8) is 0 Å². The zero-order chi connectivity index (χ0) is 30.5. The minimum absolute atomic E-state index is 0. The van der Waals surface area contributed by atoms with E-state index in [-0.39, 0.29) is 43.5 Å². The number of para-hydroxylation sites is 1. The van der Waals surface area contributed by atoms with Gasteiger partial charge in [-0.05, 0) is 59.5 Å². The van der Waals surface area contributed by atoms with E-state index in [2.05, 4.69) is 83.4 Å². The molecule has 8 rings (SSSR count). The van der Waals surface area contributed by atoms with Crippen LogP contribution in [0.4, 0.5) is 0 Å². The zero-order valence-electron chi connectivity index (χ0n) is 26.1. The predicted molar refractivity (Wildman–Crippen MR) is 185 cm³/mol. The molecular weight excluding hydrogens is 733 g/mol. The van der Waals surface area contributed by atoms with Crippen LogP contribution in [0.1, 0.15) is 53.4 Å². The molecule has 45 heavy (non-hydrogen) atoms. The monoisotopic (exact) mass is 770 g/mol. The quantitative estimate of drug-likeness (QED) is 0.0577. The van der Waals surface area contributed by atoms with Crippen LogP contribution in [0.5, 0.6) is 0 Å². The Morgan fingerprint density at radius 1 is 0.778 bits per heavy atom. The summed E-state index contributed by atoms with van der Waals surface area (Å²) in [7, 11) is 0. The number of rotatable bonds is 7. The van der Waals surface area contributed by atoms with Crippen molar-refractivity contribution in [2.45, 2.75) is 53.4 Å². The van der Waals surface area contributed by atoms with Crippen LogP contribution in [0.25, 0.3) is 70.5 Å². The SMILES string of the molecule is CCC(CC)C(=O)/C=C(\O)C(CC)CC.[Ir].[c-]1cccc2c1c1ncc3c4ccccc4n4c5cccc6ccc2c(c65)c1c34. The molecule has 3 heterocycles. The smallest absolute Gasteiger partial charge is 0.162 e. The zero-order valence-corrected chi connectivity index (χ0v) is 28.5. The van der Waals surface area contributed by atoms with Gasteiger partial charge in [-0.15, -0.1) is 29.7 Å². The Balaban J connectivity index is 0.000000194. The molecule has 0 fully saturated rings. The van der Waals surface area contributed by atoms with Gasteiger partial charge in [0.05, 0.1) is 22.3 Å². The Morgan fingerprint density at radius 3 is 2.24 bits per heavy atom. The summed E-state index contributed by atoms with van der Waals surface area (Å²) in [6.45, 7) is 8.07. The third-order valence-electron chi connectivity index (χ3n) is 9.69. The Labute approximate surface area is 276 Å². The van der Waals surface area contributed by atoms with E-state index in [0.717, 1.165) is 36.6 Å². The van der Waals surface area contributed by atoms with Crippen LogP contribution in [0.2, 0.25) is 0 Å². The van der Waals surface area contributed by atoms with Gasteiger partial charge in [0.25, 0.3) is 0 Å². The number of benzene rings is 5. The number of hydrogen-bond donors (Lipinski definition) is 1. The summed E-state index contributed by atoms with van der Waals surface area (Å²) >= 11 is 0. The fourth-order valence-electron chi connectivity index (χ4n) is 7.29. The first kappa shape index (κ1) is 31.0. The summed E-state index contributed by atoms with van der Waals surface area (Å²) in [5, 5.41) is 21.0. The van der Waals surface area contributed by atoms with Crippen LogP contribution < -0.4 is 0 Å². The summed E-state index contributed by atoms with van der Waals surface area (Å²) in [6, 6.07) is 29.6. The number of ketones is 1. The van der Waals surface area contributed by atoms with Crippen molar-refractivity contribution in [3.05, 3.63) is 96.9 Å². The fraction of sp³-hybridized carbons (Fsp3) is 0.250. The average molecular weight is 770 g/mol. The van der Waals surface area contributed by atoms with Crippen LogP contribution in [0, 0.1) is 17.9 Å². The normalized spacial score (nSPS) is 12.4. The van der Waals surface area contributed by atoms with Crippen LogP contribution in [0.3, 0.4) is 0 Å². The number of hydrogen-bond acceptors (Lipinski definition) is 3. The van der Waals surface area contributed by atoms with Gasteiger partial charge in [0.15, 0.2) is 5.78 Å². The number of carbonyl (C=O) groups excluding carboxylic acids is 1. The molecule has 4 nitrogen and oxygen atoms in total. The Bertz CT molecular complexity index is 2330. The molecule has 0 amide bonds. The van der Waals surface area contributed by atoms with E-state index in [1.165, 1.54) is 65.7 Å².